The maximum Gasteiger partial charge on any atom is 0.230 e. The lowest BCUT2D eigenvalue weighted by molar-refractivity contribution is -0.133. The van der Waals surface area contributed by atoms with Gasteiger partial charge in [0.25, 0.3) is 0 Å². The summed E-state index contributed by atoms with van der Waals surface area (Å²) < 4.78 is 0. The van der Waals surface area contributed by atoms with Crippen LogP contribution < -0.4 is 5.32 Å². The van der Waals surface area contributed by atoms with Crippen LogP contribution in [0.15, 0.2) is 30.3 Å². The number of benzene rings is 1. The molecule has 0 radical (unpaired) electrons. The van der Waals surface area contributed by atoms with Crippen molar-refractivity contribution < 1.29 is 4.79 Å². The van der Waals surface area contributed by atoms with Gasteiger partial charge in [-0.1, -0.05) is 37.3 Å². The summed E-state index contributed by atoms with van der Waals surface area (Å²) in [5.74, 6) is 0.334. The summed E-state index contributed by atoms with van der Waals surface area (Å²) in [7, 11) is 0. The zero-order chi connectivity index (χ0) is 13.9. The summed E-state index contributed by atoms with van der Waals surface area (Å²) >= 11 is 0. The zero-order valence-corrected chi connectivity index (χ0v) is 12.2. The lowest BCUT2D eigenvalue weighted by Gasteiger charge is -2.28. The van der Waals surface area contributed by atoms with E-state index < -0.39 is 0 Å². The first-order chi connectivity index (χ1) is 9.78. The minimum absolute atomic E-state index is 0.0211. The fraction of sp³-hybridized carbons (Fsp3) is 0.588. The average Bonchev–Trinajstić information content (AvgIpc) is 2.80. The molecule has 3 atom stereocenters. The Morgan fingerprint density at radius 2 is 2.00 bits per heavy atom. The molecule has 2 aliphatic heterocycles. The van der Waals surface area contributed by atoms with Crippen LogP contribution in [-0.4, -0.2) is 36.0 Å². The van der Waals surface area contributed by atoms with E-state index in [9.17, 15) is 4.79 Å². The lowest BCUT2D eigenvalue weighted by Crippen LogP contribution is -2.41. The Kier molecular flexibility index (Phi) is 4.06. The maximum atomic E-state index is 12.9. The summed E-state index contributed by atoms with van der Waals surface area (Å²) in [5, 5.41) is 3.64. The number of hydrogen-bond donors (Lipinski definition) is 1. The second kappa shape index (κ2) is 5.96. The van der Waals surface area contributed by atoms with E-state index in [-0.39, 0.29) is 5.92 Å². The van der Waals surface area contributed by atoms with Gasteiger partial charge in [-0.15, -0.1) is 0 Å². The van der Waals surface area contributed by atoms with Gasteiger partial charge < -0.3 is 10.2 Å². The van der Waals surface area contributed by atoms with Gasteiger partial charge in [-0.05, 0) is 31.2 Å². The number of fused-ring (bicyclic) bond motifs is 2. The number of likely N-dealkylation sites (tertiary alicyclic amines) is 1. The summed E-state index contributed by atoms with van der Waals surface area (Å²) in [6.45, 7) is 3.91. The molecule has 1 N–H and O–H groups in total. The molecular weight excluding hydrogens is 248 g/mol. The highest BCUT2D eigenvalue weighted by atomic mass is 16.2. The largest absolute Gasteiger partial charge is 0.341 e. The predicted octanol–water partition coefficient (Wildman–Crippen LogP) is 2.53. The Balaban J connectivity index is 1.73. The van der Waals surface area contributed by atoms with E-state index in [1.807, 2.05) is 18.2 Å². The van der Waals surface area contributed by atoms with Crippen molar-refractivity contribution in [3.8, 4) is 0 Å². The first-order valence-electron chi connectivity index (χ1n) is 7.87. The molecule has 2 heterocycles. The van der Waals surface area contributed by atoms with Gasteiger partial charge in [0.05, 0.1) is 5.92 Å². The molecule has 20 heavy (non-hydrogen) atoms. The highest BCUT2D eigenvalue weighted by Crippen LogP contribution is 2.26. The van der Waals surface area contributed by atoms with E-state index in [0.29, 0.717) is 18.0 Å². The molecule has 1 amide bonds. The molecule has 0 saturated carbocycles. The van der Waals surface area contributed by atoms with Gasteiger partial charge in [-0.25, -0.2) is 0 Å². The van der Waals surface area contributed by atoms with Gasteiger partial charge in [0.2, 0.25) is 5.91 Å². The van der Waals surface area contributed by atoms with E-state index in [1.165, 1.54) is 12.8 Å². The number of carbonyl (C=O) groups is 1. The van der Waals surface area contributed by atoms with Gasteiger partial charge in [-0.3, -0.25) is 4.79 Å². The first-order valence-corrected chi connectivity index (χ1v) is 7.87. The number of amides is 1. The minimum Gasteiger partial charge on any atom is -0.341 e. The molecular formula is C17H24N2O. The van der Waals surface area contributed by atoms with E-state index >= 15 is 0 Å². The van der Waals surface area contributed by atoms with Crippen LogP contribution in [0.4, 0.5) is 0 Å². The molecule has 2 aliphatic rings. The van der Waals surface area contributed by atoms with Gasteiger partial charge in [0, 0.05) is 25.2 Å². The fourth-order valence-electron chi connectivity index (χ4n) is 3.60. The minimum atomic E-state index is 0.0211. The number of carbonyl (C=O) groups excluding carboxylic acids is 1. The van der Waals surface area contributed by atoms with E-state index in [0.717, 1.165) is 31.5 Å². The highest BCUT2D eigenvalue weighted by Gasteiger charge is 2.33. The summed E-state index contributed by atoms with van der Waals surface area (Å²) in [6, 6.07) is 11.4. The van der Waals surface area contributed by atoms with Crippen molar-refractivity contribution in [3.05, 3.63) is 35.9 Å². The van der Waals surface area contributed by atoms with E-state index in [4.69, 9.17) is 0 Å². The second-order valence-electron chi connectivity index (χ2n) is 6.08. The monoisotopic (exact) mass is 272 g/mol. The van der Waals surface area contributed by atoms with E-state index in [2.05, 4.69) is 29.3 Å². The molecule has 3 unspecified atom stereocenters. The van der Waals surface area contributed by atoms with Crippen molar-refractivity contribution in [2.45, 2.75) is 50.6 Å². The molecule has 2 saturated heterocycles. The Morgan fingerprint density at radius 3 is 2.75 bits per heavy atom. The fourth-order valence-corrected chi connectivity index (χ4v) is 3.60. The van der Waals surface area contributed by atoms with Crippen molar-refractivity contribution in [3.63, 3.8) is 0 Å². The molecule has 2 fully saturated rings. The van der Waals surface area contributed by atoms with Crippen LogP contribution >= 0.6 is 0 Å². The van der Waals surface area contributed by atoms with E-state index in [1.54, 1.807) is 0 Å². The standard InChI is InChI=1S/C17H24N2O/c1-2-16(13-6-4-3-5-7-13)17(20)19-11-10-14-8-9-15(12-19)18-14/h3-7,14-16,18H,2,8-12H2,1H3. The highest BCUT2D eigenvalue weighted by molar-refractivity contribution is 5.83. The zero-order valence-electron chi connectivity index (χ0n) is 12.2. The molecule has 3 heteroatoms. The molecule has 1 aromatic carbocycles. The Labute approximate surface area is 121 Å². The number of nitrogens with zero attached hydrogens (tertiary/aromatic N) is 1. The predicted molar refractivity (Wildman–Crippen MR) is 80.6 cm³/mol. The summed E-state index contributed by atoms with van der Waals surface area (Å²) in [4.78, 5) is 15.0. The van der Waals surface area contributed by atoms with Crippen molar-refractivity contribution in [2.75, 3.05) is 13.1 Å². The van der Waals surface area contributed by atoms with Gasteiger partial charge >= 0.3 is 0 Å². The van der Waals surface area contributed by atoms with Crippen LogP contribution in [0, 0.1) is 0 Å². The number of nitrogens with one attached hydrogen (secondary N) is 1. The van der Waals surface area contributed by atoms with Crippen LogP contribution in [0.25, 0.3) is 0 Å². The van der Waals surface area contributed by atoms with Crippen LogP contribution in [0.5, 0.6) is 0 Å². The lowest BCUT2D eigenvalue weighted by atomic mass is 9.94. The molecule has 108 valence electrons. The van der Waals surface area contributed by atoms with Crippen molar-refractivity contribution in [1.82, 2.24) is 10.2 Å². The van der Waals surface area contributed by atoms with Gasteiger partial charge in [0.15, 0.2) is 0 Å². The Hall–Kier alpha value is -1.35. The van der Waals surface area contributed by atoms with Gasteiger partial charge in [0.1, 0.15) is 0 Å². The quantitative estimate of drug-likeness (QED) is 0.917. The Morgan fingerprint density at radius 1 is 1.25 bits per heavy atom. The second-order valence-corrected chi connectivity index (χ2v) is 6.08. The third kappa shape index (κ3) is 2.73. The topological polar surface area (TPSA) is 32.3 Å². The van der Waals surface area contributed by atoms with Crippen molar-refractivity contribution in [2.24, 2.45) is 0 Å². The normalized spacial score (nSPS) is 27.1. The van der Waals surface area contributed by atoms with Crippen LogP contribution in [-0.2, 0) is 4.79 Å². The molecule has 3 rings (SSSR count). The molecule has 1 aromatic rings. The Bertz CT molecular complexity index is 459. The molecule has 0 aromatic heterocycles. The molecule has 2 bridgehead atoms. The van der Waals surface area contributed by atoms with Crippen molar-refractivity contribution >= 4 is 5.91 Å². The molecule has 0 aliphatic carbocycles. The van der Waals surface area contributed by atoms with Crippen LogP contribution in [0.1, 0.15) is 44.1 Å². The smallest absolute Gasteiger partial charge is 0.230 e. The summed E-state index contributed by atoms with van der Waals surface area (Å²) in [5.41, 5.74) is 1.15. The SMILES string of the molecule is CCC(C(=O)N1CCC2CCC(C1)N2)c1ccccc1. The molecule has 3 nitrogen and oxygen atoms in total. The maximum absolute atomic E-state index is 12.9. The van der Waals surface area contributed by atoms with Gasteiger partial charge in [-0.2, -0.15) is 0 Å². The average molecular weight is 272 g/mol. The number of rotatable bonds is 3. The van der Waals surface area contributed by atoms with Crippen LogP contribution in [0.2, 0.25) is 0 Å². The molecule has 0 spiro atoms. The third-order valence-electron chi connectivity index (χ3n) is 4.74. The van der Waals surface area contributed by atoms with Crippen molar-refractivity contribution in [1.29, 1.82) is 0 Å². The first kappa shape index (κ1) is 13.6. The number of hydrogen-bond acceptors (Lipinski definition) is 2. The summed E-state index contributed by atoms with van der Waals surface area (Å²) in [6.07, 6.45) is 4.48. The third-order valence-corrected chi connectivity index (χ3v) is 4.74. The van der Waals surface area contributed by atoms with Crippen LogP contribution in [0.3, 0.4) is 0 Å².